The van der Waals surface area contributed by atoms with Crippen LogP contribution in [0.2, 0.25) is 0 Å². The van der Waals surface area contributed by atoms with E-state index in [-0.39, 0.29) is 5.56 Å². The Morgan fingerprint density at radius 1 is 1.21 bits per heavy atom. The molecule has 0 atom stereocenters. The number of nitrogens with one attached hydrogen (secondary N) is 1. The van der Waals surface area contributed by atoms with Gasteiger partial charge < -0.3 is 14.5 Å². The van der Waals surface area contributed by atoms with Crippen molar-refractivity contribution < 1.29 is 9.47 Å². The lowest BCUT2D eigenvalue weighted by Gasteiger charge is -2.10. The van der Waals surface area contributed by atoms with Gasteiger partial charge in [-0.2, -0.15) is 0 Å². The van der Waals surface area contributed by atoms with E-state index in [1.807, 2.05) is 30.4 Å². The van der Waals surface area contributed by atoms with Gasteiger partial charge in [0, 0.05) is 4.88 Å². The number of aromatic nitrogens is 2. The molecule has 0 saturated carbocycles. The summed E-state index contributed by atoms with van der Waals surface area (Å²) >= 11 is 1.66. The molecule has 28 heavy (non-hydrogen) atoms. The molecule has 2 heterocycles. The van der Waals surface area contributed by atoms with Crippen molar-refractivity contribution in [3.8, 4) is 11.5 Å². The van der Waals surface area contributed by atoms with Crippen LogP contribution in [0.15, 0.2) is 23.0 Å². The van der Waals surface area contributed by atoms with Crippen LogP contribution in [-0.4, -0.2) is 23.7 Å². The van der Waals surface area contributed by atoms with Crippen molar-refractivity contribution in [1.29, 1.82) is 0 Å². The van der Waals surface area contributed by atoms with Crippen LogP contribution in [0.5, 0.6) is 11.5 Å². The summed E-state index contributed by atoms with van der Waals surface area (Å²) in [7, 11) is 1.63. The van der Waals surface area contributed by atoms with Gasteiger partial charge in [-0.1, -0.05) is 19.1 Å². The average Bonchev–Trinajstić information content (AvgIpc) is 3.09. The summed E-state index contributed by atoms with van der Waals surface area (Å²) in [5.74, 6) is 2.00. The molecule has 4 rings (SSSR count). The fraction of sp³-hybridized carbons (Fsp3) is 0.364. The standard InChI is InChI=1S/C22H24N2O3S/c1-3-12-27-16-10-8-14(13-17(16)26-2)9-11-19-23-21(25)20-15-6-4-5-7-18(15)28-22(20)24-19/h8-11,13H,3-7,12H2,1-2H3,(H,23,24,25)/b11-9+. The van der Waals surface area contributed by atoms with E-state index in [1.54, 1.807) is 18.4 Å². The molecule has 0 fully saturated rings. The van der Waals surface area contributed by atoms with Gasteiger partial charge in [-0.25, -0.2) is 4.98 Å². The van der Waals surface area contributed by atoms with Crippen LogP contribution < -0.4 is 15.0 Å². The minimum atomic E-state index is -0.0371. The summed E-state index contributed by atoms with van der Waals surface area (Å²) < 4.78 is 11.1. The molecule has 6 heteroatoms. The van der Waals surface area contributed by atoms with Crippen LogP contribution in [-0.2, 0) is 12.8 Å². The third kappa shape index (κ3) is 3.69. The second-order valence-electron chi connectivity index (χ2n) is 6.93. The molecule has 0 unspecified atom stereocenters. The van der Waals surface area contributed by atoms with Gasteiger partial charge in [-0.05, 0) is 61.4 Å². The van der Waals surface area contributed by atoms with Gasteiger partial charge in [0.1, 0.15) is 10.7 Å². The van der Waals surface area contributed by atoms with Gasteiger partial charge in [0.2, 0.25) is 0 Å². The number of fused-ring (bicyclic) bond motifs is 3. The van der Waals surface area contributed by atoms with Crippen molar-refractivity contribution in [2.24, 2.45) is 0 Å². The Hall–Kier alpha value is -2.60. The molecule has 2 aromatic heterocycles. The number of aromatic amines is 1. The number of hydrogen-bond acceptors (Lipinski definition) is 5. The highest BCUT2D eigenvalue weighted by molar-refractivity contribution is 7.18. The first-order valence-electron chi connectivity index (χ1n) is 9.73. The highest BCUT2D eigenvalue weighted by Gasteiger charge is 2.19. The Morgan fingerprint density at radius 2 is 2.07 bits per heavy atom. The molecule has 5 nitrogen and oxygen atoms in total. The molecule has 0 saturated heterocycles. The third-order valence-corrected chi connectivity index (χ3v) is 6.11. The van der Waals surface area contributed by atoms with Gasteiger partial charge in [0.25, 0.3) is 5.56 Å². The predicted octanol–water partition coefficient (Wildman–Crippen LogP) is 4.83. The van der Waals surface area contributed by atoms with Gasteiger partial charge in [-0.15, -0.1) is 11.3 Å². The summed E-state index contributed by atoms with van der Waals surface area (Å²) in [5.41, 5.74) is 2.13. The number of benzene rings is 1. The fourth-order valence-corrected chi connectivity index (χ4v) is 4.82. The number of methoxy groups -OCH3 is 1. The zero-order chi connectivity index (χ0) is 19.5. The summed E-state index contributed by atoms with van der Waals surface area (Å²) in [5, 5.41) is 0.788. The Bertz CT molecular complexity index is 1080. The molecule has 0 aliphatic heterocycles. The number of rotatable bonds is 6. The summed E-state index contributed by atoms with van der Waals surface area (Å²) in [6.45, 7) is 2.72. The maximum atomic E-state index is 12.6. The molecule has 0 radical (unpaired) electrons. The molecule has 0 spiro atoms. The second-order valence-corrected chi connectivity index (χ2v) is 8.02. The molecule has 1 aliphatic carbocycles. The maximum Gasteiger partial charge on any atom is 0.260 e. The topological polar surface area (TPSA) is 64.2 Å². The van der Waals surface area contributed by atoms with E-state index >= 15 is 0 Å². The Labute approximate surface area is 168 Å². The Morgan fingerprint density at radius 3 is 2.89 bits per heavy atom. The average molecular weight is 397 g/mol. The molecular formula is C22H24N2O3S. The number of hydrogen-bond donors (Lipinski definition) is 1. The molecule has 146 valence electrons. The normalized spacial score (nSPS) is 13.8. The first-order valence-corrected chi connectivity index (χ1v) is 10.5. The van der Waals surface area contributed by atoms with Gasteiger partial charge in [0.15, 0.2) is 11.5 Å². The molecule has 1 aromatic carbocycles. The minimum absolute atomic E-state index is 0.0371. The molecular weight excluding hydrogens is 372 g/mol. The minimum Gasteiger partial charge on any atom is -0.493 e. The lowest BCUT2D eigenvalue weighted by Crippen LogP contribution is -2.11. The molecule has 1 N–H and O–H groups in total. The predicted molar refractivity (Wildman–Crippen MR) is 115 cm³/mol. The van der Waals surface area contributed by atoms with E-state index in [0.717, 1.165) is 47.2 Å². The maximum absolute atomic E-state index is 12.6. The molecule has 3 aromatic rings. The number of nitrogens with zero attached hydrogens (tertiary/aromatic N) is 1. The zero-order valence-corrected chi connectivity index (χ0v) is 17.0. The van der Waals surface area contributed by atoms with E-state index in [2.05, 4.69) is 16.9 Å². The van der Waals surface area contributed by atoms with Gasteiger partial charge in [-0.3, -0.25) is 4.79 Å². The summed E-state index contributed by atoms with van der Waals surface area (Å²) in [4.78, 5) is 22.4. The smallest absolute Gasteiger partial charge is 0.260 e. The largest absolute Gasteiger partial charge is 0.493 e. The van der Waals surface area contributed by atoms with Crippen molar-refractivity contribution in [2.75, 3.05) is 13.7 Å². The van der Waals surface area contributed by atoms with E-state index in [1.165, 1.54) is 16.9 Å². The van der Waals surface area contributed by atoms with E-state index in [0.29, 0.717) is 18.2 Å². The number of H-pyrrole nitrogens is 1. The van der Waals surface area contributed by atoms with Crippen molar-refractivity contribution in [2.45, 2.75) is 39.0 Å². The third-order valence-electron chi connectivity index (χ3n) is 4.93. The van der Waals surface area contributed by atoms with Crippen LogP contribution in [0, 0.1) is 0 Å². The number of thiophene rings is 1. The Kier molecular flexibility index (Phi) is 5.48. The van der Waals surface area contributed by atoms with Gasteiger partial charge in [0.05, 0.1) is 19.1 Å². The molecule has 1 aliphatic rings. The van der Waals surface area contributed by atoms with Crippen LogP contribution in [0.3, 0.4) is 0 Å². The first-order chi connectivity index (χ1) is 13.7. The summed E-state index contributed by atoms with van der Waals surface area (Å²) in [6, 6.07) is 5.79. The monoisotopic (exact) mass is 396 g/mol. The second kappa shape index (κ2) is 8.19. The van der Waals surface area contributed by atoms with Crippen molar-refractivity contribution >= 4 is 33.7 Å². The zero-order valence-electron chi connectivity index (χ0n) is 16.2. The highest BCUT2D eigenvalue weighted by Crippen LogP contribution is 2.33. The lowest BCUT2D eigenvalue weighted by atomic mass is 9.97. The van der Waals surface area contributed by atoms with E-state index in [9.17, 15) is 4.79 Å². The van der Waals surface area contributed by atoms with Crippen molar-refractivity contribution in [3.63, 3.8) is 0 Å². The lowest BCUT2D eigenvalue weighted by molar-refractivity contribution is 0.294. The SMILES string of the molecule is CCCOc1ccc(/C=C/c2nc3sc4c(c3c(=O)[nH]2)CCCC4)cc1OC. The van der Waals surface area contributed by atoms with Crippen LogP contribution >= 0.6 is 11.3 Å². The highest BCUT2D eigenvalue weighted by atomic mass is 32.1. The van der Waals surface area contributed by atoms with Crippen LogP contribution in [0.4, 0.5) is 0 Å². The van der Waals surface area contributed by atoms with E-state index in [4.69, 9.17) is 9.47 Å². The quantitative estimate of drug-likeness (QED) is 0.648. The fourth-order valence-electron chi connectivity index (χ4n) is 3.55. The number of ether oxygens (including phenoxy) is 2. The van der Waals surface area contributed by atoms with Crippen molar-refractivity contribution in [3.05, 3.63) is 50.4 Å². The first kappa shape index (κ1) is 18.7. The molecule has 0 amide bonds. The van der Waals surface area contributed by atoms with Crippen LogP contribution in [0.1, 0.15) is 48.0 Å². The molecule has 0 bridgehead atoms. The van der Waals surface area contributed by atoms with E-state index < -0.39 is 0 Å². The van der Waals surface area contributed by atoms with Gasteiger partial charge >= 0.3 is 0 Å². The Balaban J connectivity index is 1.62. The van der Waals surface area contributed by atoms with Crippen molar-refractivity contribution in [1.82, 2.24) is 9.97 Å². The number of aryl methyl sites for hydroxylation is 2. The van der Waals surface area contributed by atoms with Crippen LogP contribution in [0.25, 0.3) is 22.4 Å². The summed E-state index contributed by atoms with van der Waals surface area (Å²) in [6.07, 6.45) is 9.10.